The summed E-state index contributed by atoms with van der Waals surface area (Å²) in [6.07, 6.45) is 0. The van der Waals surface area contributed by atoms with Gasteiger partial charge in [0.25, 0.3) is 0 Å². The van der Waals surface area contributed by atoms with Gasteiger partial charge in [0.1, 0.15) is 5.04 Å². The van der Waals surface area contributed by atoms with E-state index in [4.69, 9.17) is 5.21 Å². The van der Waals surface area contributed by atoms with Crippen molar-refractivity contribution in [3.05, 3.63) is 5.08 Å². The Hall–Kier alpha value is 0.170. The molecule has 0 atom stereocenters. The number of hydrogen-bond acceptors (Lipinski definition) is 4. The molecule has 1 heterocycles. The molecular weight excluding hydrogens is 130 g/mol. The Kier molecular flexibility index (Phi) is 1.87. The Morgan fingerprint density at radius 3 is 3.00 bits per heavy atom. The normalized spacial score (nSPS) is 26.6. The third kappa shape index (κ3) is 1.28. The second-order valence-electron chi connectivity index (χ2n) is 1.02. The van der Waals surface area contributed by atoms with Crippen LogP contribution in [0.3, 0.4) is 0 Å². The largest absolute Gasteiger partial charge is 0.410 e. The first kappa shape index (κ1) is 5.31. The van der Waals surface area contributed by atoms with Crippen molar-refractivity contribution in [1.29, 1.82) is 0 Å². The monoisotopic (exact) mass is 134 g/mol. The Labute approximate surface area is 50.4 Å². The van der Waals surface area contributed by atoms with Crippen molar-refractivity contribution in [2.75, 3.05) is 5.75 Å². The minimum atomic E-state index is 0.796. The van der Waals surface area contributed by atoms with Gasteiger partial charge in [-0.05, 0) is 0 Å². The number of thioether (sulfide) groups is 2. The van der Waals surface area contributed by atoms with E-state index in [-0.39, 0.29) is 0 Å². The molecule has 39 valence electrons. The van der Waals surface area contributed by atoms with Crippen LogP contribution in [0.1, 0.15) is 0 Å². The molecule has 1 aliphatic rings. The van der Waals surface area contributed by atoms with Gasteiger partial charge in [-0.2, -0.15) is 0 Å². The summed E-state index contributed by atoms with van der Waals surface area (Å²) >= 11 is 3.13. The summed E-state index contributed by atoms with van der Waals surface area (Å²) in [6.45, 7) is 0. The Bertz CT molecular complexity index is 84.9. The zero-order valence-corrected chi connectivity index (χ0v) is 5.13. The van der Waals surface area contributed by atoms with Crippen LogP contribution in [-0.4, -0.2) is 16.0 Å². The maximum atomic E-state index is 8.10. The van der Waals surface area contributed by atoms with Gasteiger partial charge in [0.2, 0.25) is 0 Å². The summed E-state index contributed by atoms with van der Waals surface area (Å²) in [5.74, 6) is 0.834. The van der Waals surface area contributed by atoms with E-state index in [9.17, 15) is 0 Å². The van der Waals surface area contributed by atoms with Crippen molar-refractivity contribution < 1.29 is 5.21 Å². The van der Waals surface area contributed by atoms with Crippen LogP contribution in [-0.2, 0) is 0 Å². The van der Waals surface area contributed by atoms with Gasteiger partial charge in [-0.15, -0.1) is 11.8 Å². The average molecular weight is 134 g/mol. The van der Waals surface area contributed by atoms with E-state index < -0.39 is 0 Å². The summed E-state index contributed by atoms with van der Waals surface area (Å²) in [4.78, 5) is 0. The fraction of sp³-hybridized carbons (Fsp3) is 0.333. The second-order valence-corrected chi connectivity index (χ2v) is 3.12. The van der Waals surface area contributed by atoms with E-state index >= 15 is 0 Å². The molecule has 1 fully saturated rings. The Morgan fingerprint density at radius 2 is 2.71 bits per heavy atom. The molecule has 1 saturated heterocycles. The van der Waals surface area contributed by atoms with Crippen LogP contribution in [0.5, 0.6) is 0 Å². The zero-order chi connectivity index (χ0) is 5.11. The summed E-state index contributed by atoms with van der Waals surface area (Å²) < 4.78 is 0. The number of nitrogens with zero attached hydrogens (tertiary/aromatic N) is 1. The van der Waals surface area contributed by atoms with E-state index in [1.54, 1.807) is 11.8 Å². The van der Waals surface area contributed by atoms with Crippen LogP contribution < -0.4 is 0 Å². The van der Waals surface area contributed by atoms with E-state index in [1.807, 2.05) is 5.08 Å². The molecule has 7 heavy (non-hydrogen) atoms. The first-order chi connectivity index (χ1) is 3.43. The predicted molar refractivity (Wildman–Crippen MR) is 33.6 cm³/mol. The predicted octanol–water partition coefficient (Wildman–Crippen LogP) is 1.37. The summed E-state index contributed by atoms with van der Waals surface area (Å²) in [7, 11) is 0. The van der Waals surface area contributed by atoms with Crippen LogP contribution in [0, 0.1) is 5.08 Å². The molecule has 0 spiro atoms. The molecule has 0 aromatic heterocycles. The molecule has 0 unspecified atom stereocenters. The Balaban J connectivity index is 2.41. The third-order valence-electron chi connectivity index (χ3n) is 0.571. The molecule has 1 N–H and O–H groups in total. The topological polar surface area (TPSA) is 32.6 Å². The van der Waals surface area contributed by atoms with E-state index in [2.05, 4.69) is 5.16 Å². The lowest BCUT2D eigenvalue weighted by Crippen LogP contribution is -1.85. The standard InChI is InChI=1S/C3H4NOS2/c5-4-3-1-6-2-7-3/h2,5H,1H2. The third-order valence-corrected chi connectivity index (χ3v) is 2.62. The summed E-state index contributed by atoms with van der Waals surface area (Å²) in [5.41, 5.74) is 0. The molecular formula is C3H4NOS2. The lowest BCUT2D eigenvalue weighted by atomic mass is 10.9. The number of hydrogen-bond donors (Lipinski definition) is 1. The molecule has 1 radical (unpaired) electrons. The molecule has 1 aliphatic heterocycles. The van der Waals surface area contributed by atoms with Crippen molar-refractivity contribution in [2.24, 2.45) is 5.16 Å². The highest BCUT2D eigenvalue weighted by atomic mass is 32.2. The average Bonchev–Trinajstić information content (AvgIpc) is 2.14. The SMILES string of the molecule is ON=C1CS[CH]S1. The van der Waals surface area contributed by atoms with Crippen molar-refractivity contribution in [3.8, 4) is 0 Å². The van der Waals surface area contributed by atoms with Crippen LogP contribution in [0.2, 0.25) is 0 Å². The maximum Gasteiger partial charge on any atom is 0.123 e. The van der Waals surface area contributed by atoms with Gasteiger partial charge < -0.3 is 5.21 Å². The van der Waals surface area contributed by atoms with Crippen molar-refractivity contribution >= 4 is 28.6 Å². The fourth-order valence-electron chi connectivity index (χ4n) is 0.281. The van der Waals surface area contributed by atoms with Gasteiger partial charge in [0.05, 0.1) is 5.08 Å². The van der Waals surface area contributed by atoms with Crippen LogP contribution >= 0.6 is 23.5 Å². The molecule has 2 nitrogen and oxygen atoms in total. The van der Waals surface area contributed by atoms with Crippen LogP contribution in [0.15, 0.2) is 5.16 Å². The van der Waals surface area contributed by atoms with Crippen molar-refractivity contribution in [1.82, 2.24) is 0 Å². The molecule has 0 aliphatic carbocycles. The molecule has 1 rings (SSSR count). The van der Waals surface area contributed by atoms with Gasteiger partial charge in [0.15, 0.2) is 0 Å². The van der Waals surface area contributed by atoms with Gasteiger partial charge >= 0.3 is 0 Å². The van der Waals surface area contributed by atoms with Gasteiger partial charge in [0, 0.05) is 5.75 Å². The maximum absolute atomic E-state index is 8.10. The highest BCUT2D eigenvalue weighted by molar-refractivity contribution is 8.32. The summed E-state index contributed by atoms with van der Waals surface area (Å²) in [6, 6.07) is 0. The van der Waals surface area contributed by atoms with Crippen LogP contribution in [0.25, 0.3) is 0 Å². The molecule has 4 heteroatoms. The van der Waals surface area contributed by atoms with Gasteiger partial charge in [-0.25, -0.2) is 0 Å². The highest BCUT2D eigenvalue weighted by Gasteiger charge is 2.08. The Morgan fingerprint density at radius 1 is 1.86 bits per heavy atom. The van der Waals surface area contributed by atoms with Crippen LogP contribution in [0.4, 0.5) is 0 Å². The molecule has 0 aromatic rings. The molecule has 0 bridgehead atoms. The zero-order valence-electron chi connectivity index (χ0n) is 3.50. The molecule has 0 amide bonds. The van der Waals surface area contributed by atoms with E-state index in [0.717, 1.165) is 10.8 Å². The summed E-state index contributed by atoms with van der Waals surface area (Å²) in [5, 5.41) is 13.9. The second kappa shape index (κ2) is 2.47. The van der Waals surface area contributed by atoms with E-state index in [1.165, 1.54) is 11.8 Å². The molecule has 0 aromatic carbocycles. The fourth-order valence-corrected chi connectivity index (χ4v) is 1.99. The minimum Gasteiger partial charge on any atom is -0.410 e. The van der Waals surface area contributed by atoms with Gasteiger partial charge in [-0.3, -0.25) is 0 Å². The van der Waals surface area contributed by atoms with E-state index in [0.29, 0.717) is 0 Å². The first-order valence-electron chi connectivity index (χ1n) is 1.74. The van der Waals surface area contributed by atoms with Crippen molar-refractivity contribution in [3.63, 3.8) is 0 Å². The smallest absolute Gasteiger partial charge is 0.123 e. The number of rotatable bonds is 0. The quantitative estimate of drug-likeness (QED) is 0.401. The lowest BCUT2D eigenvalue weighted by Gasteiger charge is -1.80. The van der Waals surface area contributed by atoms with Gasteiger partial charge in [-0.1, -0.05) is 16.9 Å². The number of oxime groups is 1. The lowest BCUT2D eigenvalue weighted by molar-refractivity contribution is 0.320. The molecule has 0 saturated carbocycles. The minimum absolute atomic E-state index is 0.796. The first-order valence-corrected chi connectivity index (χ1v) is 3.67. The highest BCUT2D eigenvalue weighted by Crippen LogP contribution is 2.29. The van der Waals surface area contributed by atoms with Crippen molar-refractivity contribution in [2.45, 2.75) is 0 Å².